The van der Waals surface area contributed by atoms with E-state index in [1.54, 1.807) is 9.25 Å². The van der Waals surface area contributed by atoms with Gasteiger partial charge in [-0.2, -0.15) is 5.10 Å². The molecule has 1 aromatic carbocycles. The normalized spacial score (nSPS) is 14.4. The Kier molecular flexibility index (Phi) is 11.2. The highest BCUT2D eigenvalue weighted by atomic mass is 127. The van der Waals surface area contributed by atoms with E-state index >= 15 is 0 Å². The second kappa shape index (κ2) is 13.6. The predicted octanol–water partition coefficient (Wildman–Crippen LogP) is 2.47. The summed E-state index contributed by atoms with van der Waals surface area (Å²) in [4.78, 5) is 16.9. The predicted molar refractivity (Wildman–Crippen MR) is 141 cm³/mol. The molecule has 0 aliphatic carbocycles. The maximum atomic E-state index is 12.4. The third-order valence-electron chi connectivity index (χ3n) is 5.27. The molecule has 0 bridgehead atoms. The molecule has 0 saturated carbocycles. The van der Waals surface area contributed by atoms with E-state index in [1.807, 2.05) is 45.0 Å². The van der Waals surface area contributed by atoms with Gasteiger partial charge in [-0.3, -0.25) is 9.56 Å². The van der Waals surface area contributed by atoms with Gasteiger partial charge in [0.1, 0.15) is 11.6 Å². The van der Waals surface area contributed by atoms with Crippen LogP contribution >= 0.6 is 24.0 Å². The van der Waals surface area contributed by atoms with Gasteiger partial charge in [0.15, 0.2) is 5.96 Å². The Morgan fingerprint density at radius 3 is 2.67 bits per heavy atom. The Morgan fingerprint density at radius 2 is 2.00 bits per heavy atom. The molecule has 10 heteroatoms. The standard InChI is InChI=1S/C23H36N6O3.HI/c1-4-24-22(26-16-20(30)18-9-11-19(12-10-18)32-17(2)3)25-13-7-15-29-23(31)28-14-6-5-8-21(28)27-29;/h9-12,17,20,30H,4-8,13-16H2,1-3H3,(H2,24,25,26);1H. The van der Waals surface area contributed by atoms with Crippen molar-refractivity contribution >= 4 is 29.9 Å². The van der Waals surface area contributed by atoms with Crippen molar-refractivity contribution in [1.82, 2.24) is 25.0 Å². The maximum absolute atomic E-state index is 12.4. The molecule has 0 fully saturated rings. The SMILES string of the molecule is CCNC(=NCC(O)c1ccc(OC(C)C)cc1)NCCCn1nc2n(c1=O)CCCC2.I. The zero-order valence-electron chi connectivity index (χ0n) is 19.8. The quantitative estimate of drug-likeness (QED) is 0.175. The van der Waals surface area contributed by atoms with Crippen LogP contribution in [0.15, 0.2) is 34.1 Å². The number of nitrogens with one attached hydrogen (secondary N) is 2. The highest BCUT2D eigenvalue weighted by Gasteiger charge is 2.16. The zero-order chi connectivity index (χ0) is 22.9. The molecule has 2 aromatic rings. The Balaban J connectivity index is 0.00000385. The van der Waals surface area contributed by atoms with Crippen molar-refractivity contribution in [3.05, 3.63) is 46.1 Å². The number of aryl methyl sites for hydroxylation is 2. The number of halogens is 1. The summed E-state index contributed by atoms with van der Waals surface area (Å²) in [6, 6.07) is 7.45. The molecule has 0 spiro atoms. The number of benzene rings is 1. The van der Waals surface area contributed by atoms with Gasteiger partial charge >= 0.3 is 5.69 Å². The van der Waals surface area contributed by atoms with Crippen LogP contribution in [-0.4, -0.2) is 51.2 Å². The second-order valence-corrected chi connectivity index (χ2v) is 8.28. The van der Waals surface area contributed by atoms with Crippen LogP contribution in [0.1, 0.15) is 57.5 Å². The van der Waals surface area contributed by atoms with Gasteiger partial charge < -0.3 is 20.5 Å². The summed E-state index contributed by atoms with van der Waals surface area (Å²) >= 11 is 0. The lowest BCUT2D eigenvalue weighted by atomic mass is 10.1. The molecule has 1 aliphatic rings. The van der Waals surface area contributed by atoms with E-state index in [1.165, 1.54) is 0 Å². The van der Waals surface area contributed by atoms with Crippen molar-refractivity contribution in [2.75, 3.05) is 19.6 Å². The number of ether oxygens (including phenoxy) is 1. The number of rotatable bonds is 10. The number of nitrogens with zero attached hydrogens (tertiary/aromatic N) is 4. The first-order valence-corrected chi connectivity index (χ1v) is 11.6. The van der Waals surface area contributed by atoms with Crippen molar-refractivity contribution in [1.29, 1.82) is 0 Å². The minimum absolute atomic E-state index is 0. The van der Waals surface area contributed by atoms with E-state index in [4.69, 9.17) is 4.74 Å². The largest absolute Gasteiger partial charge is 0.491 e. The van der Waals surface area contributed by atoms with Gasteiger partial charge in [0, 0.05) is 32.6 Å². The van der Waals surface area contributed by atoms with E-state index in [2.05, 4.69) is 20.7 Å². The Bertz CT molecular complexity index is 939. The van der Waals surface area contributed by atoms with E-state index < -0.39 is 6.10 Å². The average Bonchev–Trinajstić information content (AvgIpc) is 3.10. The number of aliphatic imine (C=N–C) groups is 1. The van der Waals surface area contributed by atoms with E-state index in [0.29, 0.717) is 19.0 Å². The van der Waals surface area contributed by atoms with E-state index in [9.17, 15) is 9.90 Å². The molecule has 0 amide bonds. The van der Waals surface area contributed by atoms with Gasteiger partial charge in [-0.25, -0.2) is 9.48 Å². The van der Waals surface area contributed by atoms with Crippen molar-refractivity contribution in [3.63, 3.8) is 0 Å². The van der Waals surface area contributed by atoms with Crippen molar-refractivity contribution in [2.45, 2.75) is 71.8 Å². The molecule has 3 N–H and O–H groups in total. The van der Waals surface area contributed by atoms with Crippen LogP contribution in [0.5, 0.6) is 5.75 Å². The van der Waals surface area contributed by atoms with Crippen LogP contribution < -0.4 is 21.1 Å². The number of aliphatic hydroxyl groups is 1. The maximum Gasteiger partial charge on any atom is 0.345 e. The Labute approximate surface area is 212 Å². The van der Waals surface area contributed by atoms with E-state index in [0.717, 1.165) is 55.9 Å². The van der Waals surface area contributed by atoms with Crippen LogP contribution in [0.3, 0.4) is 0 Å². The lowest BCUT2D eigenvalue weighted by molar-refractivity contribution is 0.186. The Hall–Kier alpha value is -2.08. The van der Waals surface area contributed by atoms with Gasteiger partial charge in [0.2, 0.25) is 0 Å². The van der Waals surface area contributed by atoms with E-state index in [-0.39, 0.29) is 42.3 Å². The fourth-order valence-electron chi connectivity index (χ4n) is 3.70. The first-order chi connectivity index (χ1) is 15.5. The number of aliphatic hydroxyl groups excluding tert-OH is 1. The fourth-order valence-corrected chi connectivity index (χ4v) is 3.70. The highest BCUT2D eigenvalue weighted by Crippen LogP contribution is 2.19. The third kappa shape index (κ3) is 8.02. The molecule has 1 aromatic heterocycles. The first-order valence-electron chi connectivity index (χ1n) is 11.6. The van der Waals surface area contributed by atoms with Crippen molar-refractivity contribution in [2.24, 2.45) is 4.99 Å². The number of guanidine groups is 1. The van der Waals surface area contributed by atoms with Crippen LogP contribution in [0.2, 0.25) is 0 Å². The third-order valence-corrected chi connectivity index (χ3v) is 5.27. The molecule has 1 aliphatic heterocycles. The summed E-state index contributed by atoms with van der Waals surface area (Å²) in [7, 11) is 0. The summed E-state index contributed by atoms with van der Waals surface area (Å²) in [5.74, 6) is 2.33. The van der Waals surface area contributed by atoms with Gasteiger partial charge in [-0.1, -0.05) is 12.1 Å². The van der Waals surface area contributed by atoms with Gasteiger partial charge in [0.05, 0.1) is 18.8 Å². The zero-order valence-corrected chi connectivity index (χ0v) is 22.1. The topological polar surface area (TPSA) is 106 Å². The smallest absolute Gasteiger partial charge is 0.345 e. The molecule has 9 nitrogen and oxygen atoms in total. The summed E-state index contributed by atoms with van der Waals surface area (Å²) in [6.45, 7) is 8.91. The van der Waals surface area contributed by atoms with Crippen molar-refractivity contribution in [3.8, 4) is 5.75 Å². The monoisotopic (exact) mass is 572 g/mol. The summed E-state index contributed by atoms with van der Waals surface area (Å²) in [5, 5.41) is 21.4. The summed E-state index contributed by atoms with van der Waals surface area (Å²) < 4.78 is 9.01. The molecular formula is C23H37IN6O3. The van der Waals surface area contributed by atoms with Gasteiger partial charge in [0.25, 0.3) is 0 Å². The molecule has 184 valence electrons. The molecule has 2 heterocycles. The minimum atomic E-state index is -0.700. The lowest BCUT2D eigenvalue weighted by Crippen LogP contribution is -2.38. The van der Waals surface area contributed by atoms with Crippen LogP contribution in [0.4, 0.5) is 0 Å². The second-order valence-electron chi connectivity index (χ2n) is 8.28. The number of aromatic nitrogens is 3. The molecular weight excluding hydrogens is 535 g/mol. The summed E-state index contributed by atoms with van der Waals surface area (Å²) in [6.07, 6.45) is 3.19. The van der Waals surface area contributed by atoms with Crippen molar-refractivity contribution < 1.29 is 9.84 Å². The average molecular weight is 572 g/mol. The molecule has 0 radical (unpaired) electrons. The molecule has 1 atom stereocenters. The molecule has 0 saturated heterocycles. The van der Waals surface area contributed by atoms with Gasteiger partial charge in [-0.15, -0.1) is 24.0 Å². The van der Waals surface area contributed by atoms with Crippen LogP contribution in [0, 0.1) is 0 Å². The highest BCUT2D eigenvalue weighted by molar-refractivity contribution is 14.0. The summed E-state index contributed by atoms with van der Waals surface area (Å²) in [5.41, 5.74) is 0.789. The van der Waals surface area contributed by atoms with Crippen LogP contribution in [-0.2, 0) is 19.5 Å². The number of fused-ring (bicyclic) bond motifs is 1. The first kappa shape index (κ1) is 27.2. The van der Waals surface area contributed by atoms with Crippen LogP contribution in [0.25, 0.3) is 0 Å². The molecule has 3 rings (SSSR count). The lowest BCUT2D eigenvalue weighted by Gasteiger charge is -2.14. The number of hydrogen-bond acceptors (Lipinski definition) is 5. The minimum Gasteiger partial charge on any atom is -0.491 e. The fraction of sp³-hybridized carbons (Fsp3) is 0.609. The molecule has 33 heavy (non-hydrogen) atoms. The molecule has 1 unspecified atom stereocenters. The number of hydrogen-bond donors (Lipinski definition) is 3. The Morgan fingerprint density at radius 1 is 1.24 bits per heavy atom. The van der Waals surface area contributed by atoms with Gasteiger partial charge in [-0.05, 0) is 57.7 Å².